The SMILES string of the molecule is COc1ccc(C(C)C)c(C=O)c1OC. The largest absolute Gasteiger partial charge is 0.493 e. The number of aldehydes is 1. The summed E-state index contributed by atoms with van der Waals surface area (Å²) in [6.07, 6.45) is 0.816. The van der Waals surface area contributed by atoms with Gasteiger partial charge in [0.2, 0.25) is 0 Å². The summed E-state index contributed by atoms with van der Waals surface area (Å²) in [6.45, 7) is 4.07. The first-order valence-corrected chi connectivity index (χ1v) is 4.85. The first-order valence-electron chi connectivity index (χ1n) is 4.85. The van der Waals surface area contributed by atoms with Gasteiger partial charge in [0.15, 0.2) is 17.8 Å². The Labute approximate surface area is 90.0 Å². The third-order valence-electron chi connectivity index (χ3n) is 2.36. The fraction of sp³-hybridized carbons (Fsp3) is 0.417. The monoisotopic (exact) mass is 208 g/mol. The molecule has 0 bridgehead atoms. The molecular formula is C12H16O3. The van der Waals surface area contributed by atoms with Crippen molar-refractivity contribution in [1.29, 1.82) is 0 Å². The number of carbonyl (C=O) groups excluding carboxylic acids is 1. The quantitative estimate of drug-likeness (QED) is 0.713. The molecule has 0 saturated carbocycles. The van der Waals surface area contributed by atoms with Crippen LogP contribution < -0.4 is 9.47 Å². The minimum absolute atomic E-state index is 0.282. The highest BCUT2D eigenvalue weighted by molar-refractivity contribution is 5.84. The Bertz CT molecular complexity index is 356. The van der Waals surface area contributed by atoms with E-state index < -0.39 is 0 Å². The van der Waals surface area contributed by atoms with Gasteiger partial charge in [0.05, 0.1) is 19.8 Å². The summed E-state index contributed by atoms with van der Waals surface area (Å²) in [7, 11) is 3.09. The van der Waals surface area contributed by atoms with Gasteiger partial charge in [-0.3, -0.25) is 4.79 Å². The summed E-state index contributed by atoms with van der Waals surface area (Å²) < 4.78 is 10.3. The molecule has 3 heteroatoms. The Balaban J connectivity index is 3.40. The molecule has 1 aromatic carbocycles. The first kappa shape index (κ1) is 11.6. The average Bonchev–Trinajstić information content (AvgIpc) is 2.26. The molecular weight excluding hydrogens is 192 g/mol. The fourth-order valence-electron chi connectivity index (χ4n) is 1.59. The summed E-state index contributed by atoms with van der Waals surface area (Å²) in [5.41, 5.74) is 1.55. The van der Waals surface area contributed by atoms with Crippen molar-refractivity contribution in [3.05, 3.63) is 23.3 Å². The summed E-state index contributed by atoms with van der Waals surface area (Å²) in [4.78, 5) is 11.0. The molecule has 0 amide bonds. The third-order valence-corrected chi connectivity index (χ3v) is 2.36. The predicted molar refractivity (Wildman–Crippen MR) is 59.0 cm³/mol. The van der Waals surface area contributed by atoms with Crippen LogP contribution in [0.25, 0.3) is 0 Å². The van der Waals surface area contributed by atoms with E-state index in [4.69, 9.17) is 9.47 Å². The van der Waals surface area contributed by atoms with Crippen LogP contribution in [-0.4, -0.2) is 20.5 Å². The van der Waals surface area contributed by atoms with Crippen LogP contribution in [0.4, 0.5) is 0 Å². The topological polar surface area (TPSA) is 35.5 Å². The number of rotatable bonds is 4. The molecule has 0 atom stereocenters. The zero-order chi connectivity index (χ0) is 11.4. The summed E-state index contributed by atoms with van der Waals surface area (Å²) in [6, 6.07) is 3.72. The molecule has 1 rings (SSSR count). The van der Waals surface area contributed by atoms with Crippen LogP contribution >= 0.6 is 0 Å². The Morgan fingerprint density at radius 3 is 2.27 bits per heavy atom. The van der Waals surface area contributed by atoms with E-state index in [-0.39, 0.29) is 5.92 Å². The molecule has 0 aromatic heterocycles. The normalized spacial score (nSPS) is 10.2. The van der Waals surface area contributed by atoms with Crippen LogP contribution in [-0.2, 0) is 0 Å². The second-order valence-corrected chi connectivity index (χ2v) is 3.58. The molecule has 82 valence electrons. The van der Waals surface area contributed by atoms with Gasteiger partial charge in [-0.25, -0.2) is 0 Å². The Hall–Kier alpha value is -1.51. The molecule has 0 fully saturated rings. The van der Waals surface area contributed by atoms with E-state index >= 15 is 0 Å². The number of benzene rings is 1. The zero-order valence-electron chi connectivity index (χ0n) is 9.53. The van der Waals surface area contributed by atoms with Crippen molar-refractivity contribution in [2.75, 3.05) is 14.2 Å². The molecule has 0 saturated heterocycles. The van der Waals surface area contributed by atoms with Gasteiger partial charge in [-0.2, -0.15) is 0 Å². The molecule has 0 unspecified atom stereocenters. The lowest BCUT2D eigenvalue weighted by Gasteiger charge is -2.15. The molecule has 15 heavy (non-hydrogen) atoms. The van der Waals surface area contributed by atoms with Gasteiger partial charge in [0.1, 0.15) is 0 Å². The lowest BCUT2D eigenvalue weighted by molar-refractivity contribution is 0.111. The number of hydrogen-bond donors (Lipinski definition) is 0. The van der Waals surface area contributed by atoms with Crippen LogP contribution in [0.2, 0.25) is 0 Å². The number of ether oxygens (including phenoxy) is 2. The maximum atomic E-state index is 11.0. The standard InChI is InChI=1S/C12H16O3/c1-8(2)9-5-6-11(14-3)12(15-4)10(9)7-13/h5-8H,1-4H3. The lowest BCUT2D eigenvalue weighted by Crippen LogP contribution is -2.01. The van der Waals surface area contributed by atoms with Crippen molar-refractivity contribution < 1.29 is 14.3 Å². The van der Waals surface area contributed by atoms with Gasteiger partial charge < -0.3 is 9.47 Å². The summed E-state index contributed by atoms with van der Waals surface area (Å²) in [5, 5.41) is 0. The molecule has 3 nitrogen and oxygen atoms in total. The van der Waals surface area contributed by atoms with Crippen molar-refractivity contribution in [3.8, 4) is 11.5 Å². The van der Waals surface area contributed by atoms with Gasteiger partial charge in [-0.1, -0.05) is 19.9 Å². The molecule has 0 aliphatic carbocycles. The van der Waals surface area contributed by atoms with E-state index in [1.165, 1.54) is 7.11 Å². The zero-order valence-corrected chi connectivity index (χ0v) is 9.53. The van der Waals surface area contributed by atoms with E-state index in [0.717, 1.165) is 11.8 Å². The summed E-state index contributed by atoms with van der Waals surface area (Å²) in [5.74, 6) is 1.38. The van der Waals surface area contributed by atoms with Crippen molar-refractivity contribution in [3.63, 3.8) is 0 Å². The number of hydrogen-bond acceptors (Lipinski definition) is 3. The van der Waals surface area contributed by atoms with Crippen LogP contribution in [0.15, 0.2) is 12.1 Å². The molecule has 1 aromatic rings. The molecule has 0 N–H and O–H groups in total. The second kappa shape index (κ2) is 4.82. The maximum absolute atomic E-state index is 11.0. The second-order valence-electron chi connectivity index (χ2n) is 3.58. The highest BCUT2D eigenvalue weighted by Gasteiger charge is 2.15. The molecule has 0 radical (unpaired) electrons. The van der Waals surface area contributed by atoms with Crippen LogP contribution in [0.5, 0.6) is 11.5 Å². The Morgan fingerprint density at radius 1 is 1.20 bits per heavy atom. The highest BCUT2D eigenvalue weighted by Crippen LogP contribution is 2.34. The van der Waals surface area contributed by atoms with E-state index in [1.54, 1.807) is 7.11 Å². The lowest BCUT2D eigenvalue weighted by atomic mass is 9.97. The third kappa shape index (κ3) is 2.12. The fourth-order valence-corrected chi connectivity index (χ4v) is 1.59. The Morgan fingerprint density at radius 2 is 1.87 bits per heavy atom. The molecule has 0 spiro atoms. The highest BCUT2D eigenvalue weighted by atomic mass is 16.5. The Kier molecular flexibility index (Phi) is 3.72. The molecule has 0 aliphatic rings. The van der Waals surface area contributed by atoms with E-state index in [2.05, 4.69) is 0 Å². The molecule has 0 aliphatic heterocycles. The summed E-state index contributed by atoms with van der Waals surface area (Å²) >= 11 is 0. The van der Waals surface area contributed by atoms with Crippen LogP contribution in [0.1, 0.15) is 35.7 Å². The smallest absolute Gasteiger partial charge is 0.171 e. The van der Waals surface area contributed by atoms with Gasteiger partial charge in [0, 0.05) is 0 Å². The van der Waals surface area contributed by atoms with Crippen LogP contribution in [0.3, 0.4) is 0 Å². The predicted octanol–water partition coefficient (Wildman–Crippen LogP) is 2.64. The number of methoxy groups -OCH3 is 2. The maximum Gasteiger partial charge on any atom is 0.171 e. The van der Waals surface area contributed by atoms with E-state index in [1.807, 2.05) is 26.0 Å². The number of carbonyl (C=O) groups is 1. The molecule has 0 heterocycles. The van der Waals surface area contributed by atoms with Crippen molar-refractivity contribution in [2.24, 2.45) is 0 Å². The van der Waals surface area contributed by atoms with E-state index in [9.17, 15) is 4.79 Å². The van der Waals surface area contributed by atoms with Gasteiger partial charge >= 0.3 is 0 Å². The average molecular weight is 208 g/mol. The van der Waals surface area contributed by atoms with Gasteiger partial charge in [-0.05, 0) is 17.5 Å². The van der Waals surface area contributed by atoms with Crippen LogP contribution in [0, 0.1) is 0 Å². The minimum Gasteiger partial charge on any atom is -0.493 e. The first-order chi connectivity index (χ1) is 7.15. The van der Waals surface area contributed by atoms with Crippen molar-refractivity contribution in [1.82, 2.24) is 0 Å². The minimum atomic E-state index is 0.282. The van der Waals surface area contributed by atoms with Gasteiger partial charge in [-0.15, -0.1) is 0 Å². The van der Waals surface area contributed by atoms with E-state index in [0.29, 0.717) is 17.1 Å². The van der Waals surface area contributed by atoms with Crippen molar-refractivity contribution >= 4 is 6.29 Å². The van der Waals surface area contributed by atoms with Crippen molar-refractivity contribution in [2.45, 2.75) is 19.8 Å². The van der Waals surface area contributed by atoms with Gasteiger partial charge in [0.25, 0.3) is 0 Å².